The molecule has 0 heterocycles. The molecule has 1 atom stereocenters. The molecule has 0 fully saturated rings. The van der Waals surface area contributed by atoms with Gasteiger partial charge in [0.15, 0.2) is 0 Å². The Morgan fingerprint density at radius 1 is 1.13 bits per heavy atom. The Bertz CT molecular complexity index is 703. The van der Waals surface area contributed by atoms with Crippen molar-refractivity contribution >= 4 is 17.7 Å². The number of benzene rings is 2. The molecule has 2 aromatic carbocycles. The van der Waals surface area contributed by atoms with Crippen LogP contribution in [0.1, 0.15) is 40.0 Å². The highest BCUT2D eigenvalue weighted by molar-refractivity contribution is 7.99. The number of halogens is 2. The van der Waals surface area contributed by atoms with Crippen LogP contribution in [0.15, 0.2) is 47.4 Å². The quantitative estimate of drug-likeness (QED) is 0.769. The second-order valence-electron chi connectivity index (χ2n) is 5.43. The molecule has 0 aliphatic carbocycles. The van der Waals surface area contributed by atoms with Crippen molar-refractivity contribution in [1.29, 1.82) is 0 Å². The molecular weight excluding hydrogens is 316 g/mol. The van der Waals surface area contributed by atoms with Crippen molar-refractivity contribution in [1.82, 2.24) is 5.32 Å². The zero-order valence-corrected chi connectivity index (χ0v) is 14.1. The number of amides is 1. The Morgan fingerprint density at radius 2 is 1.83 bits per heavy atom. The minimum atomic E-state index is -2.56. The molecular formula is C18H19F2NOS. The first-order chi connectivity index (χ1) is 10.9. The van der Waals surface area contributed by atoms with Gasteiger partial charge < -0.3 is 5.32 Å². The summed E-state index contributed by atoms with van der Waals surface area (Å²) in [6.07, 6.45) is 0. The second kappa shape index (κ2) is 7.59. The molecule has 0 radical (unpaired) electrons. The highest BCUT2D eigenvalue weighted by Crippen LogP contribution is 2.29. The SMILES string of the molecule is Cc1ccc(C)c(C(C)NC(=O)c2ccccc2SC(F)F)c1. The highest BCUT2D eigenvalue weighted by Gasteiger charge is 2.18. The fraction of sp³-hybridized carbons (Fsp3) is 0.278. The van der Waals surface area contributed by atoms with E-state index in [1.165, 1.54) is 6.07 Å². The summed E-state index contributed by atoms with van der Waals surface area (Å²) >= 11 is 0.388. The van der Waals surface area contributed by atoms with E-state index in [9.17, 15) is 13.6 Å². The van der Waals surface area contributed by atoms with Crippen molar-refractivity contribution in [2.45, 2.75) is 37.5 Å². The number of nitrogens with one attached hydrogen (secondary N) is 1. The summed E-state index contributed by atoms with van der Waals surface area (Å²) < 4.78 is 25.2. The Labute approximate surface area is 139 Å². The van der Waals surface area contributed by atoms with Crippen LogP contribution in [0.25, 0.3) is 0 Å². The van der Waals surface area contributed by atoms with E-state index in [1.54, 1.807) is 18.2 Å². The van der Waals surface area contributed by atoms with Crippen molar-refractivity contribution in [2.75, 3.05) is 0 Å². The smallest absolute Gasteiger partial charge is 0.288 e. The van der Waals surface area contributed by atoms with E-state index >= 15 is 0 Å². The predicted molar refractivity (Wildman–Crippen MR) is 90.1 cm³/mol. The van der Waals surface area contributed by atoms with Crippen LogP contribution in [0.5, 0.6) is 0 Å². The van der Waals surface area contributed by atoms with Crippen LogP contribution in [0.2, 0.25) is 0 Å². The molecule has 1 amide bonds. The molecule has 0 spiro atoms. The van der Waals surface area contributed by atoms with Crippen LogP contribution < -0.4 is 5.32 Å². The number of carbonyl (C=O) groups is 1. The van der Waals surface area contributed by atoms with E-state index in [0.717, 1.165) is 16.7 Å². The molecule has 0 aromatic heterocycles. The average Bonchev–Trinajstić information content (AvgIpc) is 2.49. The summed E-state index contributed by atoms with van der Waals surface area (Å²) in [7, 11) is 0. The van der Waals surface area contributed by atoms with Crippen molar-refractivity contribution in [3.63, 3.8) is 0 Å². The monoisotopic (exact) mass is 335 g/mol. The lowest BCUT2D eigenvalue weighted by Crippen LogP contribution is -2.27. The second-order valence-corrected chi connectivity index (χ2v) is 6.46. The third kappa shape index (κ3) is 4.55. The molecule has 0 saturated carbocycles. The molecule has 2 rings (SSSR count). The average molecular weight is 335 g/mol. The number of alkyl halides is 2. The molecule has 0 saturated heterocycles. The van der Waals surface area contributed by atoms with Gasteiger partial charge in [0, 0.05) is 4.90 Å². The minimum absolute atomic E-state index is 0.202. The maximum atomic E-state index is 12.6. The van der Waals surface area contributed by atoms with E-state index in [1.807, 2.05) is 39.0 Å². The minimum Gasteiger partial charge on any atom is -0.345 e. The van der Waals surface area contributed by atoms with Crippen LogP contribution in [0.3, 0.4) is 0 Å². The summed E-state index contributed by atoms with van der Waals surface area (Å²) in [5.41, 5.74) is 3.49. The van der Waals surface area contributed by atoms with E-state index in [-0.39, 0.29) is 22.4 Å². The Kier molecular flexibility index (Phi) is 5.77. The standard InChI is InChI=1S/C18H19F2NOS/c1-11-8-9-12(2)15(10-11)13(3)21-17(22)14-6-4-5-7-16(14)23-18(19)20/h4-10,13,18H,1-3H3,(H,21,22). The van der Waals surface area contributed by atoms with Crippen LogP contribution in [0, 0.1) is 13.8 Å². The molecule has 1 N–H and O–H groups in total. The largest absolute Gasteiger partial charge is 0.345 e. The Morgan fingerprint density at radius 3 is 2.52 bits per heavy atom. The van der Waals surface area contributed by atoms with E-state index in [4.69, 9.17) is 0 Å². The van der Waals surface area contributed by atoms with Gasteiger partial charge in [0.2, 0.25) is 0 Å². The third-order valence-electron chi connectivity index (χ3n) is 3.60. The highest BCUT2D eigenvalue weighted by atomic mass is 32.2. The normalized spacial score (nSPS) is 12.3. The van der Waals surface area contributed by atoms with Crippen LogP contribution in [-0.4, -0.2) is 11.7 Å². The molecule has 23 heavy (non-hydrogen) atoms. The predicted octanol–water partition coefficient (Wildman–Crippen LogP) is 5.11. The van der Waals surface area contributed by atoms with E-state index in [2.05, 4.69) is 5.32 Å². The van der Waals surface area contributed by atoms with Crippen molar-refractivity contribution in [3.8, 4) is 0 Å². The Hall–Kier alpha value is -1.88. The van der Waals surface area contributed by atoms with Gasteiger partial charge in [-0.15, -0.1) is 0 Å². The lowest BCUT2D eigenvalue weighted by Gasteiger charge is -2.18. The maximum Gasteiger partial charge on any atom is 0.288 e. The number of carbonyl (C=O) groups excluding carboxylic acids is 1. The van der Waals surface area contributed by atoms with Gasteiger partial charge in [0.25, 0.3) is 11.7 Å². The summed E-state index contributed by atoms with van der Waals surface area (Å²) in [4.78, 5) is 12.7. The van der Waals surface area contributed by atoms with Gasteiger partial charge in [-0.2, -0.15) is 8.78 Å². The summed E-state index contributed by atoms with van der Waals surface area (Å²) in [5, 5.41) is 2.90. The van der Waals surface area contributed by atoms with Gasteiger partial charge in [0.1, 0.15) is 0 Å². The summed E-state index contributed by atoms with van der Waals surface area (Å²) in [6, 6.07) is 12.3. The molecule has 0 aliphatic heterocycles. The van der Waals surface area contributed by atoms with Gasteiger partial charge in [-0.1, -0.05) is 47.7 Å². The van der Waals surface area contributed by atoms with Gasteiger partial charge in [-0.05, 0) is 44.0 Å². The number of aryl methyl sites for hydroxylation is 2. The zero-order valence-electron chi connectivity index (χ0n) is 13.3. The first-order valence-electron chi connectivity index (χ1n) is 7.30. The molecule has 1 unspecified atom stereocenters. The van der Waals surface area contributed by atoms with Gasteiger partial charge >= 0.3 is 0 Å². The number of rotatable bonds is 5. The topological polar surface area (TPSA) is 29.1 Å². The molecule has 2 nitrogen and oxygen atoms in total. The van der Waals surface area contributed by atoms with E-state index in [0.29, 0.717) is 11.8 Å². The molecule has 0 bridgehead atoms. The molecule has 2 aromatic rings. The summed E-state index contributed by atoms with van der Waals surface area (Å²) in [6.45, 7) is 5.87. The van der Waals surface area contributed by atoms with Crippen LogP contribution >= 0.6 is 11.8 Å². The third-order valence-corrected chi connectivity index (χ3v) is 4.38. The van der Waals surface area contributed by atoms with Crippen LogP contribution in [0.4, 0.5) is 8.78 Å². The lowest BCUT2D eigenvalue weighted by molar-refractivity contribution is 0.0937. The van der Waals surface area contributed by atoms with Crippen LogP contribution in [-0.2, 0) is 0 Å². The first-order valence-corrected chi connectivity index (χ1v) is 8.18. The van der Waals surface area contributed by atoms with E-state index < -0.39 is 5.76 Å². The fourth-order valence-corrected chi connectivity index (χ4v) is 3.07. The lowest BCUT2D eigenvalue weighted by atomic mass is 10.00. The number of hydrogen-bond donors (Lipinski definition) is 1. The number of thioether (sulfide) groups is 1. The van der Waals surface area contributed by atoms with Crippen molar-refractivity contribution < 1.29 is 13.6 Å². The Balaban J connectivity index is 2.20. The maximum absolute atomic E-state index is 12.6. The molecule has 122 valence electrons. The van der Waals surface area contributed by atoms with Crippen molar-refractivity contribution in [3.05, 3.63) is 64.7 Å². The van der Waals surface area contributed by atoms with Gasteiger partial charge in [0.05, 0.1) is 11.6 Å². The first kappa shape index (κ1) is 17.5. The van der Waals surface area contributed by atoms with Crippen molar-refractivity contribution in [2.24, 2.45) is 0 Å². The summed E-state index contributed by atoms with van der Waals surface area (Å²) in [5.74, 6) is -2.90. The molecule has 5 heteroatoms. The fourth-order valence-electron chi connectivity index (χ4n) is 2.43. The van der Waals surface area contributed by atoms with Gasteiger partial charge in [-0.3, -0.25) is 4.79 Å². The molecule has 0 aliphatic rings. The number of hydrogen-bond acceptors (Lipinski definition) is 2. The zero-order chi connectivity index (χ0) is 17.0. The van der Waals surface area contributed by atoms with Gasteiger partial charge in [-0.25, -0.2) is 0 Å².